The second kappa shape index (κ2) is 7.02. The maximum Gasteiger partial charge on any atom is 0.297 e. The molecule has 3 aromatic carbocycles. The van der Waals surface area contributed by atoms with Gasteiger partial charge in [-0.25, -0.2) is 4.98 Å². The maximum atomic E-state index is 14.2. The number of amides is 2. The van der Waals surface area contributed by atoms with Gasteiger partial charge in [0.15, 0.2) is 16.1 Å². The van der Waals surface area contributed by atoms with Gasteiger partial charge in [-0.3, -0.25) is 19.3 Å². The Kier molecular flexibility index (Phi) is 4.15. The van der Waals surface area contributed by atoms with E-state index >= 15 is 0 Å². The van der Waals surface area contributed by atoms with Crippen LogP contribution in [-0.2, 0) is 10.3 Å². The highest BCUT2D eigenvalue weighted by atomic mass is 35.5. The number of benzene rings is 3. The quantitative estimate of drug-likeness (QED) is 0.306. The van der Waals surface area contributed by atoms with Crippen molar-refractivity contribution in [3.63, 3.8) is 0 Å². The third-order valence-corrected chi connectivity index (χ3v) is 8.18. The van der Waals surface area contributed by atoms with E-state index in [1.54, 1.807) is 55.6 Å². The maximum absolute atomic E-state index is 14.2. The van der Waals surface area contributed by atoms with Crippen LogP contribution < -0.4 is 15.2 Å². The first-order valence-electron chi connectivity index (χ1n) is 11.2. The first kappa shape index (κ1) is 21.3. The molecule has 7 rings (SSSR count). The first-order chi connectivity index (χ1) is 17.3. The average molecular weight is 514 g/mol. The van der Waals surface area contributed by atoms with E-state index in [2.05, 4.69) is 4.98 Å². The molecule has 0 saturated carbocycles. The molecule has 2 aromatic heterocycles. The van der Waals surface area contributed by atoms with Gasteiger partial charge in [-0.1, -0.05) is 52.8 Å². The molecule has 36 heavy (non-hydrogen) atoms. The van der Waals surface area contributed by atoms with Crippen LogP contribution >= 0.6 is 22.9 Å². The van der Waals surface area contributed by atoms with E-state index in [0.29, 0.717) is 27.2 Å². The number of para-hydroxylation sites is 1. The molecule has 0 saturated heterocycles. The second-order valence-electron chi connectivity index (χ2n) is 8.98. The fraction of sp³-hybridized carbons (Fsp3) is 0.111. The van der Waals surface area contributed by atoms with E-state index < -0.39 is 22.8 Å². The summed E-state index contributed by atoms with van der Waals surface area (Å²) in [5, 5.41) is 1.13. The molecule has 5 aromatic rings. The topological polar surface area (TPSA) is 83.7 Å². The van der Waals surface area contributed by atoms with Crippen molar-refractivity contribution in [3.05, 3.63) is 98.4 Å². The number of carbonyl (C=O) groups excluding carboxylic acids is 2. The smallest absolute Gasteiger partial charge is 0.297 e. The van der Waals surface area contributed by atoms with Crippen molar-refractivity contribution in [2.24, 2.45) is 0 Å². The minimum atomic E-state index is -1.74. The van der Waals surface area contributed by atoms with E-state index in [9.17, 15) is 14.4 Å². The number of anilines is 2. The van der Waals surface area contributed by atoms with Crippen LogP contribution in [0, 0.1) is 6.92 Å². The number of likely N-dealkylation sites (N-methyl/N-ethyl adjacent to an activating group) is 1. The summed E-state index contributed by atoms with van der Waals surface area (Å²) in [7, 11) is 1.64. The second-order valence-corrected chi connectivity index (χ2v) is 10.4. The number of nitrogens with zero attached hydrogens (tertiary/aromatic N) is 3. The Labute approximate surface area is 213 Å². The normalized spacial score (nSPS) is 18.6. The van der Waals surface area contributed by atoms with Gasteiger partial charge >= 0.3 is 0 Å². The largest absolute Gasteiger partial charge is 0.450 e. The van der Waals surface area contributed by atoms with Crippen molar-refractivity contribution in [1.82, 2.24) is 4.98 Å². The number of thiazole rings is 1. The van der Waals surface area contributed by atoms with Crippen molar-refractivity contribution in [2.45, 2.75) is 12.5 Å². The van der Waals surface area contributed by atoms with E-state index in [0.717, 1.165) is 10.3 Å². The summed E-state index contributed by atoms with van der Waals surface area (Å²) in [5.41, 5.74) is 0.792. The van der Waals surface area contributed by atoms with Crippen molar-refractivity contribution in [3.8, 4) is 0 Å². The van der Waals surface area contributed by atoms with Crippen molar-refractivity contribution < 1.29 is 14.0 Å². The van der Waals surface area contributed by atoms with Crippen LogP contribution in [0.1, 0.15) is 27.2 Å². The Bertz CT molecular complexity index is 1880. The fourth-order valence-corrected chi connectivity index (χ4v) is 6.66. The molecule has 0 aliphatic carbocycles. The van der Waals surface area contributed by atoms with Gasteiger partial charge in [-0.2, -0.15) is 0 Å². The molecule has 0 radical (unpaired) electrons. The van der Waals surface area contributed by atoms with Gasteiger partial charge in [-0.05, 0) is 43.3 Å². The third kappa shape index (κ3) is 2.47. The van der Waals surface area contributed by atoms with Crippen molar-refractivity contribution in [2.75, 3.05) is 16.8 Å². The van der Waals surface area contributed by atoms with Crippen LogP contribution in [0.5, 0.6) is 0 Å². The standard InChI is InChI=1S/C27H16ClN3O4S/c1-13-7-10-19-15(11-13)22(32)21-23(35-19)24(33)31(26-29-17-9-8-14(28)12-20(17)36-26)27(21)16-5-3-4-6-18(16)30(2)25(27)34/h3-12H,1-2H3. The molecule has 1 spiro atoms. The molecule has 176 valence electrons. The van der Waals surface area contributed by atoms with E-state index in [1.807, 2.05) is 19.1 Å². The number of hydrogen-bond acceptors (Lipinski definition) is 6. The molecule has 9 heteroatoms. The highest BCUT2D eigenvalue weighted by Gasteiger charge is 2.65. The zero-order valence-corrected chi connectivity index (χ0v) is 20.6. The Balaban J connectivity index is 1.64. The van der Waals surface area contributed by atoms with Crippen LogP contribution in [0.15, 0.2) is 69.9 Å². The Hall–Kier alpha value is -4.01. The number of hydrogen-bond donors (Lipinski definition) is 0. The summed E-state index contributed by atoms with van der Waals surface area (Å²) >= 11 is 7.42. The monoisotopic (exact) mass is 513 g/mol. The van der Waals surface area contributed by atoms with Gasteiger partial charge in [0.2, 0.25) is 5.76 Å². The Morgan fingerprint density at radius 3 is 2.67 bits per heavy atom. The molecule has 0 bridgehead atoms. The first-order valence-corrected chi connectivity index (χ1v) is 12.4. The summed E-state index contributed by atoms with van der Waals surface area (Å²) in [5.74, 6) is -1.16. The van der Waals surface area contributed by atoms with Gasteiger partial charge in [0, 0.05) is 23.3 Å². The van der Waals surface area contributed by atoms with E-state index in [4.69, 9.17) is 16.0 Å². The SMILES string of the molecule is Cc1ccc2oc3c(c(=O)c2c1)C1(C(=O)N(C)c2ccccc21)N(c1nc2ccc(Cl)cc2s1)C3=O. The van der Waals surface area contributed by atoms with Crippen LogP contribution in [0.25, 0.3) is 21.2 Å². The number of aromatic nitrogens is 1. The molecular formula is C27H16ClN3O4S. The summed E-state index contributed by atoms with van der Waals surface area (Å²) in [6.45, 7) is 1.87. The van der Waals surface area contributed by atoms with Gasteiger partial charge < -0.3 is 9.32 Å². The zero-order valence-electron chi connectivity index (χ0n) is 19.0. The van der Waals surface area contributed by atoms with Crippen LogP contribution in [-0.4, -0.2) is 23.8 Å². The lowest BCUT2D eigenvalue weighted by Crippen LogP contribution is -2.53. The highest BCUT2D eigenvalue weighted by molar-refractivity contribution is 7.22. The number of rotatable bonds is 1. The molecule has 2 aliphatic rings. The molecule has 2 amide bonds. The molecule has 7 nitrogen and oxygen atoms in total. The molecule has 1 unspecified atom stereocenters. The molecular weight excluding hydrogens is 498 g/mol. The van der Waals surface area contributed by atoms with Crippen molar-refractivity contribution >= 4 is 66.8 Å². The summed E-state index contributed by atoms with van der Waals surface area (Å²) < 4.78 is 6.83. The molecule has 2 aliphatic heterocycles. The number of halogens is 1. The third-order valence-electron chi connectivity index (χ3n) is 6.94. The summed E-state index contributed by atoms with van der Waals surface area (Å²) in [6, 6.07) is 17.6. The van der Waals surface area contributed by atoms with Gasteiger partial charge in [0.05, 0.1) is 21.2 Å². The van der Waals surface area contributed by atoms with Crippen molar-refractivity contribution in [1.29, 1.82) is 0 Å². The number of carbonyl (C=O) groups is 2. The molecule has 1 atom stereocenters. The lowest BCUT2D eigenvalue weighted by molar-refractivity contribution is -0.121. The Morgan fingerprint density at radius 1 is 1.03 bits per heavy atom. The van der Waals surface area contributed by atoms with Gasteiger partial charge in [0.25, 0.3) is 11.8 Å². The fourth-order valence-electron chi connectivity index (χ4n) is 5.36. The molecule has 4 heterocycles. The Morgan fingerprint density at radius 2 is 1.83 bits per heavy atom. The van der Waals surface area contributed by atoms with Gasteiger partial charge in [-0.15, -0.1) is 0 Å². The molecule has 0 fully saturated rings. The van der Waals surface area contributed by atoms with E-state index in [-0.39, 0.29) is 22.0 Å². The summed E-state index contributed by atoms with van der Waals surface area (Å²) in [4.78, 5) is 49.9. The predicted molar refractivity (Wildman–Crippen MR) is 139 cm³/mol. The predicted octanol–water partition coefficient (Wildman–Crippen LogP) is 5.24. The zero-order chi connectivity index (χ0) is 24.9. The number of fused-ring (bicyclic) bond motifs is 6. The van der Waals surface area contributed by atoms with Gasteiger partial charge in [0.1, 0.15) is 5.58 Å². The lowest BCUT2D eigenvalue weighted by Gasteiger charge is -2.31. The molecule has 0 N–H and O–H groups in total. The van der Waals surface area contributed by atoms with Crippen LogP contribution in [0.3, 0.4) is 0 Å². The van der Waals surface area contributed by atoms with E-state index in [1.165, 1.54) is 21.1 Å². The van der Waals surface area contributed by atoms with Crippen LogP contribution in [0.2, 0.25) is 5.02 Å². The number of aryl methyl sites for hydroxylation is 1. The average Bonchev–Trinajstić information content (AvgIpc) is 3.46. The minimum Gasteiger partial charge on any atom is -0.450 e. The summed E-state index contributed by atoms with van der Waals surface area (Å²) in [6.07, 6.45) is 0. The minimum absolute atomic E-state index is 0.0182. The highest BCUT2D eigenvalue weighted by Crippen LogP contribution is 2.54. The lowest BCUT2D eigenvalue weighted by atomic mass is 9.84. The van der Waals surface area contributed by atoms with Crippen LogP contribution in [0.4, 0.5) is 10.8 Å².